The summed E-state index contributed by atoms with van der Waals surface area (Å²) in [5.41, 5.74) is -0.0888. The van der Waals surface area contributed by atoms with Gasteiger partial charge < -0.3 is 10.4 Å². The largest absolute Gasteiger partial charge is 0.396 e. The first kappa shape index (κ1) is 17.1. The maximum Gasteiger partial charge on any atom is 0.263 e. The Hall–Kier alpha value is -2.26. The summed E-state index contributed by atoms with van der Waals surface area (Å²) in [7, 11) is -3.95. The van der Waals surface area contributed by atoms with Crippen LogP contribution in [0.1, 0.15) is 6.42 Å². The molecule has 2 aromatic rings. The highest BCUT2D eigenvalue weighted by Crippen LogP contribution is 2.18. The molecule has 0 saturated carbocycles. The Balaban J connectivity index is 2.11. The summed E-state index contributed by atoms with van der Waals surface area (Å²) < 4.78 is 52.4. The fourth-order valence-electron chi connectivity index (χ4n) is 1.71. The summed E-state index contributed by atoms with van der Waals surface area (Å²) in [5, 5.41) is 11.6. The second kappa shape index (κ2) is 7.34. The molecule has 9 heteroatoms. The SMILES string of the molecule is O=S(=O)(Nc1ccc(F)c(F)c1)c1ccc(NCCCO)nc1. The molecule has 0 aliphatic rings. The van der Waals surface area contributed by atoms with Crippen molar-refractivity contribution in [2.24, 2.45) is 0 Å². The lowest BCUT2D eigenvalue weighted by Gasteiger charge is -2.09. The van der Waals surface area contributed by atoms with Gasteiger partial charge in [-0.1, -0.05) is 0 Å². The molecule has 0 aliphatic carbocycles. The predicted octanol–water partition coefficient (Wildman–Crippen LogP) is 1.95. The zero-order valence-corrected chi connectivity index (χ0v) is 12.8. The van der Waals surface area contributed by atoms with Crippen LogP contribution in [0.5, 0.6) is 0 Å². The number of pyridine rings is 1. The smallest absolute Gasteiger partial charge is 0.263 e. The molecule has 0 atom stereocenters. The predicted molar refractivity (Wildman–Crippen MR) is 81.6 cm³/mol. The minimum atomic E-state index is -3.95. The average Bonchev–Trinajstić information content (AvgIpc) is 2.51. The van der Waals surface area contributed by atoms with E-state index < -0.39 is 21.7 Å². The Morgan fingerprint density at radius 1 is 1.13 bits per heavy atom. The lowest BCUT2D eigenvalue weighted by molar-refractivity contribution is 0.292. The molecule has 23 heavy (non-hydrogen) atoms. The molecule has 0 spiro atoms. The molecule has 0 amide bonds. The number of hydrogen-bond donors (Lipinski definition) is 3. The van der Waals surface area contributed by atoms with Crippen molar-refractivity contribution in [3.8, 4) is 0 Å². The van der Waals surface area contributed by atoms with Crippen LogP contribution in [-0.2, 0) is 10.0 Å². The van der Waals surface area contributed by atoms with E-state index in [1.807, 2.05) is 0 Å². The van der Waals surface area contributed by atoms with E-state index in [1.54, 1.807) is 0 Å². The molecule has 0 fully saturated rings. The van der Waals surface area contributed by atoms with Crippen molar-refractivity contribution in [3.63, 3.8) is 0 Å². The van der Waals surface area contributed by atoms with Crippen LogP contribution < -0.4 is 10.0 Å². The number of benzene rings is 1. The zero-order chi connectivity index (χ0) is 16.9. The Kier molecular flexibility index (Phi) is 5.45. The van der Waals surface area contributed by atoms with E-state index in [1.165, 1.54) is 12.1 Å². The van der Waals surface area contributed by atoms with Crippen molar-refractivity contribution in [2.75, 3.05) is 23.2 Å². The van der Waals surface area contributed by atoms with Crippen molar-refractivity contribution in [1.29, 1.82) is 0 Å². The normalized spacial score (nSPS) is 11.3. The molecule has 1 aromatic heterocycles. The monoisotopic (exact) mass is 343 g/mol. The van der Waals surface area contributed by atoms with Gasteiger partial charge in [0.15, 0.2) is 11.6 Å². The van der Waals surface area contributed by atoms with Gasteiger partial charge in [-0.05, 0) is 30.7 Å². The summed E-state index contributed by atoms with van der Waals surface area (Å²) in [6, 6.07) is 5.51. The van der Waals surface area contributed by atoms with E-state index in [-0.39, 0.29) is 17.2 Å². The van der Waals surface area contributed by atoms with Gasteiger partial charge in [-0.2, -0.15) is 0 Å². The molecule has 1 heterocycles. The van der Waals surface area contributed by atoms with Crippen LogP contribution in [0.25, 0.3) is 0 Å². The van der Waals surface area contributed by atoms with Gasteiger partial charge in [0.05, 0.1) is 5.69 Å². The molecular weight excluding hydrogens is 328 g/mol. The third-order valence-electron chi connectivity index (χ3n) is 2.86. The number of sulfonamides is 1. The van der Waals surface area contributed by atoms with E-state index in [0.717, 1.165) is 24.4 Å². The van der Waals surface area contributed by atoms with Crippen molar-refractivity contribution in [1.82, 2.24) is 4.98 Å². The molecule has 2 rings (SSSR count). The van der Waals surface area contributed by atoms with Crippen LogP contribution in [0.4, 0.5) is 20.3 Å². The lowest BCUT2D eigenvalue weighted by Crippen LogP contribution is -2.14. The maximum absolute atomic E-state index is 13.1. The van der Waals surface area contributed by atoms with Crippen molar-refractivity contribution >= 4 is 21.5 Å². The number of aliphatic hydroxyl groups excluding tert-OH is 1. The summed E-state index contributed by atoms with van der Waals surface area (Å²) >= 11 is 0. The Labute approximate surface area is 132 Å². The molecule has 0 unspecified atom stereocenters. The molecule has 3 N–H and O–H groups in total. The van der Waals surface area contributed by atoms with Gasteiger partial charge in [-0.15, -0.1) is 0 Å². The highest BCUT2D eigenvalue weighted by Gasteiger charge is 2.15. The number of aromatic nitrogens is 1. The van der Waals surface area contributed by atoms with E-state index in [4.69, 9.17) is 5.11 Å². The minimum Gasteiger partial charge on any atom is -0.396 e. The fourth-order valence-corrected chi connectivity index (χ4v) is 2.71. The van der Waals surface area contributed by atoms with Gasteiger partial charge >= 0.3 is 0 Å². The summed E-state index contributed by atoms with van der Waals surface area (Å²) in [4.78, 5) is 3.83. The van der Waals surface area contributed by atoms with Crippen LogP contribution in [0.3, 0.4) is 0 Å². The highest BCUT2D eigenvalue weighted by molar-refractivity contribution is 7.92. The first-order valence-electron chi connectivity index (χ1n) is 6.71. The number of nitrogens with one attached hydrogen (secondary N) is 2. The van der Waals surface area contributed by atoms with E-state index in [0.29, 0.717) is 18.8 Å². The van der Waals surface area contributed by atoms with Crippen LogP contribution in [-0.4, -0.2) is 31.7 Å². The quantitative estimate of drug-likeness (QED) is 0.669. The second-order valence-corrected chi connectivity index (χ2v) is 6.30. The topological polar surface area (TPSA) is 91.3 Å². The van der Waals surface area contributed by atoms with Crippen molar-refractivity contribution in [2.45, 2.75) is 11.3 Å². The minimum absolute atomic E-state index is 0.0393. The number of anilines is 2. The molecular formula is C14H15F2N3O3S. The molecule has 0 aliphatic heterocycles. The number of hydrogen-bond acceptors (Lipinski definition) is 5. The second-order valence-electron chi connectivity index (χ2n) is 4.62. The third-order valence-corrected chi connectivity index (χ3v) is 4.23. The molecule has 6 nitrogen and oxygen atoms in total. The number of halogens is 2. The van der Waals surface area contributed by atoms with Crippen LogP contribution >= 0.6 is 0 Å². The van der Waals surface area contributed by atoms with E-state index in [2.05, 4.69) is 15.0 Å². The first-order valence-corrected chi connectivity index (χ1v) is 8.19. The summed E-state index contributed by atoms with van der Waals surface area (Å²) in [5.74, 6) is -1.75. The Bertz CT molecular complexity index is 767. The fraction of sp³-hybridized carbons (Fsp3) is 0.214. The highest BCUT2D eigenvalue weighted by atomic mass is 32.2. The van der Waals surface area contributed by atoms with Crippen LogP contribution in [0, 0.1) is 11.6 Å². The van der Waals surface area contributed by atoms with Gasteiger partial charge in [-0.25, -0.2) is 22.2 Å². The summed E-state index contributed by atoms with van der Waals surface area (Å²) in [6.45, 7) is 0.542. The number of nitrogens with zero attached hydrogens (tertiary/aromatic N) is 1. The maximum atomic E-state index is 13.1. The molecule has 124 valence electrons. The third kappa shape index (κ3) is 4.60. The van der Waals surface area contributed by atoms with Gasteiger partial charge in [0.1, 0.15) is 10.7 Å². The van der Waals surface area contributed by atoms with Crippen LogP contribution in [0.15, 0.2) is 41.4 Å². The lowest BCUT2D eigenvalue weighted by atomic mass is 10.3. The van der Waals surface area contributed by atoms with Crippen LogP contribution in [0.2, 0.25) is 0 Å². The first-order chi connectivity index (χ1) is 10.9. The summed E-state index contributed by atoms with van der Waals surface area (Å²) in [6.07, 6.45) is 1.68. The van der Waals surface area contributed by atoms with Gasteiger partial charge in [0.2, 0.25) is 0 Å². The molecule has 0 bridgehead atoms. The number of rotatable bonds is 7. The zero-order valence-electron chi connectivity index (χ0n) is 12.0. The molecule has 1 aromatic carbocycles. The average molecular weight is 343 g/mol. The van der Waals surface area contributed by atoms with E-state index in [9.17, 15) is 17.2 Å². The Morgan fingerprint density at radius 2 is 1.91 bits per heavy atom. The van der Waals surface area contributed by atoms with E-state index >= 15 is 0 Å². The van der Waals surface area contributed by atoms with Gasteiger partial charge in [0.25, 0.3) is 10.0 Å². The standard InChI is InChI=1S/C14H15F2N3O3S/c15-12-4-2-10(8-13(12)16)19-23(21,22)11-3-5-14(18-9-11)17-6-1-7-20/h2-5,8-9,19-20H,1,6-7H2,(H,17,18). The van der Waals surface area contributed by atoms with Gasteiger partial charge in [-0.3, -0.25) is 4.72 Å². The molecule has 0 radical (unpaired) electrons. The van der Waals surface area contributed by atoms with Crippen molar-refractivity contribution < 1.29 is 22.3 Å². The molecule has 0 saturated heterocycles. The van der Waals surface area contributed by atoms with Crippen molar-refractivity contribution in [3.05, 3.63) is 48.2 Å². The Morgan fingerprint density at radius 3 is 2.52 bits per heavy atom. The number of aliphatic hydroxyl groups is 1. The van der Waals surface area contributed by atoms with Gasteiger partial charge in [0, 0.05) is 25.4 Å².